The van der Waals surface area contributed by atoms with E-state index < -0.39 is 11.8 Å². The minimum Gasteiger partial charge on any atom is -0.298 e. The zero-order valence-corrected chi connectivity index (χ0v) is 9.79. The van der Waals surface area contributed by atoms with Crippen molar-refractivity contribution in [1.82, 2.24) is 0 Å². The Morgan fingerprint density at radius 3 is 2.24 bits per heavy atom. The third-order valence-corrected chi connectivity index (χ3v) is 4.19. The van der Waals surface area contributed by atoms with E-state index in [4.69, 9.17) is 5.26 Å². The molecule has 0 heterocycles. The maximum Gasteiger partial charge on any atom is 0.248 e. The topological polar surface area (TPSA) is 40.9 Å². The molecule has 0 radical (unpaired) electrons. The van der Waals surface area contributed by atoms with E-state index in [0.717, 1.165) is 19.3 Å². The molecule has 0 spiro atoms. The van der Waals surface area contributed by atoms with E-state index in [-0.39, 0.29) is 43.3 Å². The predicted molar refractivity (Wildman–Crippen MR) is 58.4 cm³/mol. The highest BCUT2D eigenvalue weighted by atomic mass is 19.3. The maximum absolute atomic E-state index is 13.0. The summed E-state index contributed by atoms with van der Waals surface area (Å²) in [4.78, 5) is 12.1. The molecular weight excluding hydrogens is 224 g/mol. The molecule has 0 saturated heterocycles. The SMILES string of the molecule is N#CC(C(=O)C1CCC(F)(F)CC1)C1CCC1. The Morgan fingerprint density at radius 2 is 1.82 bits per heavy atom. The summed E-state index contributed by atoms with van der Waals surface area (Å²) in [5.74, 6) is -3.34. The standard InChI is InChI=1S/C13H17F2NO/c14-13(15)6-4-10(5-7-13)12(17)11(8-16)9-2-1-3-9/h9-11H,1-7H2. The largest absolute Gasteiger partial charge is 0.298 e. The molecule has 1 unspecified atom stereocenters. The summed E-state index contributed by atoms with van der Waals surface area (Å²) >= 11 is 0. The lowest BCUT2D eigenvalue weighted by molar-refractivity contribution is -0.131. The fourth-order valence-electron chi connectivity index (χ4n) is 2.75. The number of ketones is 1. The molecule has 17 heavy (non-hydrogen) atoms. The molecule has 0 aromatic heterocycles. The van der Waals surface area contributed by atoms with Gasteiger partial charge in [0.25, 0.3) is 0 Å². The van der Waals surface area contributed by atoms with Crippen LogP contribution in [0.15, 0.2) is 0 Å². The normalized spacial score (nSPS) is 26.9. The number of carbonyl (C=O) groups is 1. The van der Waals surface area contributed by atoms with Crippen molar-refractivity contribution in [2.45, 2.75) is 50.9 Å². The third-order valence-electron chi connectivity index (χ3n) is 4.19. The zero-order chi connectivity index (χ0) is 12.5. The van der Waals surface area contributed by atoms with Crippen LogP contribution in [0.25, 0.3) is 0 Å². The van der Waals surface area contributed by atoms with Gasteiger partial charge in [0, 0.05) is 18.8 Å². The molecule has 2 aliphatic carbocycles. The number of hydrogen-bond acceptors (Lipinski definition) is 2. The van der Waals surface area contributed by atoms with Crippen molar-refractivity contribution in [2.75, 3.05) is 0 Å². The Morgan fingerprint density at radius 1 is 1.24 bits per heavy atom. The van der Waals surface area contributed by atoms with Crippen LogP contribution in [0.4, 0.5) is 8.78 Å². The van der Waals surface area contributed by atoms with Crippen molar-refractivity contribution in [3.63, 3.8) is 0 Å². The minimum absolute atomic E-state index is 0.0762. The monoisotopic (exact) mass is 241 g/mol. The minimum atomic E-state index is -2.60. The summed E-state index contributed by atoms with van der Waals surface area (Å²) in [6.45, 7) is 0. The first-order valence-corrected chi connectivity index (χ1v) is 6.35. The number of nitriles is 1. The summed E-state index contributed by atoms with van der Waals surface area (Å²) < 4.78 is 26.0. The molecule has 0 N–H and O–H groups in total. The van der Waals surface area contributed by atoms with Gasteiger partial charge in [0.2, 0.25) is 5.92 Å². The summed E-state index contributed by atoms with van der Waals surface area (Å²) in [5.41, 5.74) is 0. The highest BCUT2D eigenvalue weighted by molar-refractivity contribution is 5.86. The fraction of sp³-hybridized carbons (Fsp3) is 0.846. The van der Waals surface area contributed by atoms with Gasteiger partial charge in [0.15, 0.2) is 5.78 Å². The average Bonchev–Trinajstić information content (AvgIpc) is 2.22. The van der Waals surface area contributed by atoms with Crippen LogP contribution in [0.5, 0.6) is 0 Å². The molecule has 0 aromatic carbocycles. The van der Waals surface area contributed by atoms with Gasteiger partial charge in [-0.2, -0.15) is 5.26 Å². The van der Waals surface area contributed by atoms with Crippen molar-refractivity contribution < 1.29 is 13.6 Å². The quantitative estimate of drug-likeness (QED) is 0.760. The fourth-order valence-corrected chi connectivity index (χ4v) is 2.75. The van der Waals surface area contributed by atoms with Gasteiger partial charge in [0.1, 0.15) is 5.92 Å². The molecule has 0 aromatic rings. The molecule has 2 fully saturated rings. The van der Waals surface area contributed by atoms with Crippen LogP contribution in [0.1, 0.15) is 44.9 Å². The molecule has 1 atom stereocenters. The lowest BCUT2D eigenvalue weighted by Crippen LogP contribution is -2.36. The van der Waals surface area contributed by atoms with Gasteiger partial charge in [-0.25, -0.2) is 8.78 Å². The molecular formula is C13H17F2NO. The Bertz CT molecular complexity index is 334. The molecule has 94 valence electrons. The second-order valence-electron chi connectivity index (χ2n) is 5.33. The number of nitrogens with zero attached hydrogens (tertiary/aromatic N) is 1. The van der Waals surface area contributed by atoms with Gasteiger partial charge in [-0.3, -0.25) is 4.79 Å². The van der Waals surface area contributed by atoms with E-state index in [1.807, 2.05) is 0 Å². The number of rotatable bonds is 3. The van der Waals surface area contributed by atoms with Crippen molar-refractivity contribution in [2.24, 2.45) is 17.8 Å². The lowest BCUT2D eigenvalue weighted by atomic mass is 9.70. The zero-order valence-electron chi connectivity index (χ0n) is 9.79. The van der Waals surface area contributed by atoms with E-state index in [9.17, 15) is 13.6 Å². The second-order valence-corrected chi connectivity index (χ2v) is 5.33. The second kappa shape index (κ2) is 4.72. The third kappa shape index (κ3) is 2.65. The lowest BCUT2D eigenvalue weighted by Gasteiger charge is -2.33. The Labute approximate surface area is 100.0 Å². The van der Waals surface area contributed by atoms with Crippen LogP contribution >= 0.6 is 0 Å². The van der Waals surface area contributed by atoms with Crippen molar-refractivity contribution >= 4 is 5.78 Å². The van der Waals surface area contributed by atoms with Crippen molar-refractivity contribution in [3.05, 3.63) is 0 Å². The van der Waals surface area contributed by atoms with Crippen LogP contribution in [-0.4, -0.2) is 11.7 Å². The number of alkyl halides is 2. The molecule has 0 bridgehead atoms. The van der Waals surface area contributed by atoms with E-state index in [2.05, 4.69) is 6.07 Å². The van der Waals surface area contributed by atoms with Crippen LogP contribution in [0, 0.1) is 29.1 Å². The van der Waals surface area contributed by atoms with Crippen LogP contribution < -0.4 is 0 Å². The molecule has 2 aliphatic rings. The van der Waals surface area contributed by atoms with E-state index in [1.54, 1.807) is 0 Å². The van der Waals surface area contributed by atoms with Gasteiger partial charge in [-0.15, -0.1) is 0 Å². The van der Waals surface area contributed by atoms with Gasteiger partial charge in [-0.05, 0) is 31.6 Å². The predicted octanol–water partition coefficient (Wildman–Crippen LogP) is 3.32. The molecule has 2 rings (SSSR count). The number of hydrogen-bond donors (Lipinski definition) is 0. The Hall–Kier alpha value is -0.980. The molecule has 4 heteroatoms. The first-order chi connectivity index (χ1) is 8.03. The first kappa shape index (κ1) is 12.5. The van der Waals surface area contributed by atoms with Crippen molar-refractivity contribution in [1.29, 1.82) is 5.26 Å². The smallest absolute Gasteiger partial charge is 0.248 e. The summed E-state index contributed by atoms with van der Waals surface area (Å²) in [6.07, 6.45) is 3.05. The Balaban J connectivity index is 1.93. The number of carbonyl (C=O) groups excluding carboxylic acids is 1. The Kier molecular flexibility index (Phi) is 3.46. The van der Waals surface area contributed by atoms with E-state index in [0.29, 0.717) is 0 Å². The van der Waals surface area contributed by atoms with Crippen LogP contribution in [-0.2, 0) is 4.79 Å². The van der Waals surface area contributed by atoms with Gasteiger partial charge in [0.05, 0.1) is 6.07 Å². The van der Waals surface area contributed by atoms with Gasteiger partial charge in [-0.1, -0.05) is 6.42 Å². The van der Waals surface area contributed by atoms with Crippen LogP contribution in [0.3, 0.4) is 0 Å². The van der Waals surface area contributed by atoms with E-state index >= 15 is 0 Å². The van der Waals surface area contributed by atoms with Crippen molar-refractivity contribution in [3.8, 4) is 6.07 Å². The average molecular weight is 241 g/mol. The molecule has 0 aliphatic heterocycles. The first-order valence-electron chi connectivity index (χ1n) is 6.35. The van der Waals surface area contributed by atoms with Gasteiger partial charge >= 0.3 is 0 Å². The number of Topliss-reactive ketones (excluding diaryl/α,β-unsaturated/α-hetero) is 1. The summed E-state index contributed by atoms with van der Waals surface area (Å²) in [6, 6.07) is 2.08. The molecule has 0 amide bonds. The van der Waals surface area contributed by atoms with E-state index in [1.165, 1.54) is 0 Å². The highest BCUT2D eigenvalue weighted by Gasteiger charge is 2.41. The number of halogens is 2. The maximum atomic E-state index is 13.0. The van der Waals surface area contributed by atoms with Gasteiger partial charge < -0.3 is 0 Å². The van der Waals surface area contributed by atoms with Crippen LogP contribution in [0.2, 0.25) is 0 Å². The molecule has 2 saturated carbocycles. The molecule has 2 nitrogen and oxygen atoms in total. The highest BCUT2D eigenvalue weighted by Crippen LogP contribution is 2.40. The summed E-state index contributed by atoms with van der Waals surface area (Å²) in [7, 11) is 0. The summed E-state index contributed by atoms with van der Waals surface area (Å²) in [5, 5.41) is 9.05.